The van der Waals surface area contributed by atoms with Gasteiger partial charge in [-0.25, -0.2) is 15.8 Å². The molecule has 108 valence electrons. The van der Waals surface area contributed by atoms with Crippen molar-refractivity contribution in [2.24, 2.45) is 5.84 Å². The fourth-order valence-corrected chi connectivity index (χ4v) is 3.22. The number of nitrogens with one attached hydrogen (secondary N) is 1. The quantitative estimate of drug-likeness (QED) is 0.490. The first-order chi connectivity index (χ1) is 9.55. The van der Waals surface area contributed by atoms with Gasteiger partial charge < -0.3 is 10.3 Å². The standard InChI is InChI=1S/C11H17N7S2/c1-5-7-13-8(15-12)6(2)9(14-7)19-11-17-16-10(20-11)18(3)4/h5,12H2,1-4H3,(H,13,14,15). The lowest BCUT2D eigenvalue weighted by Crippen LogP contribution is -2.13. The van der Waals surface area contributed by atoms with Crippen molar-refractivity contribution in [1.29, 1.82) is 0 Å². The molecule has 0 radical (unpaired) electrons. The summed E-state index contributed by atoms with van der Waals surface area (Å²) in [6.07, 6.45) is 0.752. The monoisotopic (exact) mass is 311 g/mol. The van der Waals surface area contributed by atoms with Crippen molar-refractivity contribution in [3.8, 4) is 0 Å². The van der Waals surface area contributed by atoms with Crippen LogP contribution in [-0.2, 0) is 6.42 Å². The van der Waals surface area contributed by atoms with Gasteiger partial charge >= 0.3 is 0 Å². The van der Waals surface area contributed by atoms with Crippen LogP contribution in [0.1, 0.15) is 18.3 Å². The summed E-state index contributed by atoms with van der Waals surface area (Å²) in [5.74, 6) is 6.90. The Kier molecular flexibility index (Phi) is 4.73. The van der Waals surface area contributed by atoms with Gasteiger partial charge in [0.15, 0.2) is 4.34 Å². The molecule has 2 aromatic rings. The van der Waals surface area contributed by atoms with Gasteiger partial charge in [0.2, 0.25) is 5.13 Å². The number of rotatable bonds is 5. The van der Waals surface area contributed by atoms with E-state index in [1.807, 2.05) is 32.8 Å². The first-order valence-electron chi connectivity index (χ1n) is 6.08. The van der Waals surface area contributed by atoms with Crippen LogP contribution < -0.4 is 16.2 Å². The molecule has 9 heteroatoms. The maximum Gasteiger partial charge on any atom is 0.208 e. The van der Waals surface area contributed by atoms with Gasteiger partial charge in [-0.3, -0.25) is 0 Å². The molecule has 0 spiro atoms. The van der Waals surface area contributed by atoms with Crippen LogP contribution in [-0.4, -0.2) is 34.3 Å². The van der Waals surface area contributed by atoms with E-state index in [1.165, 1.54) is 23.1 Å². The maximum absolute atomic E-state index is 5.50. The highest BCUT2D eigenvalue weighted by molar-refractivity contribution is 8.01. The molecule has 0 saturated carbocycles. The highest BCUT2D eigenvalue weighted by atomic mass is 32.2. The Morgan fingerprint density at radius 1 is 1.30 bits per heavy atom. The second-order valence-electron chi connectivity index (χ2n) is 4.26. The van der Waals surface area contributed by atoms with E-state index in [4.69, 9.17) is 5.84 Å². The molecular formula is C11H17N7S2. The second-order valence-corrected chi connectivity index (χ2v) is 6.46. The molecule has 0 saturated heterocycles. The van der Waals surface area contributed by atoms with E-state index in [0.717, 1.165) is 32.3 Å². The summed E-state index contributed by atoms with van der Waals surface area (Å²) in [5.41, 5.74) is 3.53. The molecule has 0 aliphatic rings. The van der Waals surface area contributed by atoms with Crippen molar-refractivity contribution in [2.75, 3.05) is 24.4 Å². The summed E-state index contributed by atoms with van der Waals surface area (Å²) in [7, 11) is 3.88. The molecule has 20 heavy (non-hydrogen) atoms. The molecule has 3 N–H and O–H groups in total. The number of nitrogens with zero attached hydrogens (tertiary/aromatic N) is 5. The van der Waals surface area contributed by atoms with Crippen LogP contribution >= 0.6 is 23.1 Å². The van der Waals surface area contributed by atoms with E-state index in [0.29, 0.717) is 5.82 Å². The van der Waals surface area contributed by atoms with Crippen molar-refractivity contribution < 1.29 is 0 Å². The summed E-state index contributed by atoms with van der Waals surface area (Å²) >= 11 is 3.01. The van der Waals surface area contributed by atoms with Crippen LogP contribution in [0.2, 0.25) is 0 Å². The van der Waals surface area contributed by atoms with Crippen LogP contribution in [0, 0.1) is 6.92 Å². The number of aryl methyl sites for hydroxylation is 1. The van der Waals surface area contributed by atoms with Gasteiger partial charge in [-0.15, -0.1) is 10.2 Å². The number of nitrogen functional groups attached to an aromatic ring is 1. The summed E-state index contributed by atoms with van der Waals surface area (Å²) in [4.78, 5) is 10.8. The van der Waals surface area contributed by atoms with E-state index >= 15 is 0 Å². The highest BCUT2D eigenvalue weighted by Crippen LogP contribution is 2.34. The number of hydrazine groups is 1. The first-order valence-corrected chi connectivity index (χ1v) is 7.71. The lowest BCUT2D eigenvalue weighted by Gasteiger charge is -2.09. The van der Waals surface area contributed by atoms with Crippen molar-refractivity contribution in [1.82, 2.24) is 20.2 Å². The minimum Gasteiger partial charge on any atom is -0.353 e. The third-order valence-corrected chi connectivity index (χ3v) is 4.80. The van der Waals surface area contributed by atoms with Crippen LogP contribution in [0.4, 0.5) is 10.9 Å². The Labute approximate surface area is 126 Å². The van der Waals surface area contributed by atoms with Crippen molar-refractivity contribution in [2.45, 2.75) is 29.6 Å². The molecule has 0 unspecified atom stereocenters. The van der Waals surface area contributed by atoms with Crippen molar-refractivity contribution >= 4 is 34.0 Å². The Balaban J connectivity index is 2.31. The topological polar surface area (TPSA) is 92.8 Å². The lowest BCUT2D eigenvalue weighted by molar-refractivity contribution is 0.870. The minimum atomic E-state index is 0.650. The fraction of sp³-hybridized carbons (Fsp3) is 0.455. The third-order valence-electron chi connectivity index (χ3n) is 2.56. The predicted octanol–water partition coefficient (Wildman–Crippen LogP) is 1.70. The Morgan fingerprint density at radius 2 is 2.05 bits per heavy atom. The molecular weight excluding hydrogens is 294 g/mol. The normalized spacial score (nSPS) is 10.7. The smallest absolute Gasteiger partial charge is 0.208 e. The molecule has 2 rings (SSSR count). The second kappa shape index (κ2) is 6.33. The number of hydrogen-bond acceptors (Lipinski definition) is 9. The van der Waals surface area contributed by atoms with E-state index in [9.17, 15) is 0 Å². The minimum absolute atomic E-state index is 0.650. The summed E-state index contributed by atoms with van der Waals surface area (Å²) in [6, 6.07) is 0. The largest absolute Gasteiger partial charge is 0.353 e. The molecule has 0 fully saturated rings. The Hall–Kier alpha value is -1.45. The van der Waals surface area contributed by atoms with Gasteiger partial charge in [-0.1, -0.05) is 18.3 Å². The van der Waals surface area contributed by atoms with Gasteiger partial charge in [-0.05, 0) is 18.7 Å². The summed E-state index contributed by atoms with van der Waals surface area (Å²) in [5, 5.41) is 10.00. The molecule has 2 heterocycles. The van der Waals surface area contributed by atoms with Crippen LogP contribution in [0.25, 0.3) is 0 Å². The number of hydrogen-bond donors (Lipinski definition) is 2. The van der Waals surface area contributed by atoms with E-state index in [2.05, 4.69) is 25.6 Å². The van der Waals surface area contributed by atoms with Gasteiger partial charge in [0.25, 0.3) is 0 Å². The molecule has 0 atom stereocenters. The lowest BCUT2D eigenvalue weighted by atomic mass is 10.3. The number of anilines is 2. The molecule has 0 aromatic carbocycles. The zero-order chi connectivity index (χ0) is 14.7. The number of aromatic nitrogens is 4. The highest BCUT2D eigenvalue weighted by Gasteiger charge is 2.14. The van der Waals surface area contributed by atoms with Crippen molar-refractivity contribution in [3.63, 3.8) is 0 Å². The van der Waals surface area contributed by atoms with Gasteiger partial charge in [0, 0.05) is 26.1 Å². The average molecular weight is 311 g/mol. The van der Waals surface area contributed by atoms with Crippen LogP contribution in [0.15, 0.2) is 9.37 Å². The average Bonchev–Trinajstić information content (AvgIpc) is 2.90. The SMILES string of the molecule is CCc1nc(NN)c(C)c(Sc2nnc(N(C)C)s2)n1. The third kappa shape index (κ3) is 3.17. The van der Waals surface area contributed by atoms with E-state index < -0.39 is 0 Å². The van der Waals surface area contributed by atoms with Crippen LogP contribution in [0.5, 0.6) is 0 Å². The maximum atomic E-state index is 5.50. The Morgan fingerprint density at radius 3 is 2.60 bits per heavy atom. The van der Waals surface area contributed by atoms with Crippen molar-refractivity contribution in [3.05, 3.63) is 11.4 Å². The molecule has 7 nitrogen and oxygen atoms in total. The van der Waals surface area contributed by atoms with E-state index in [-0.39, 0.29) is 0 Å². The summed E-state index contributed by atoms with van der Waals surface area (Å²) < 4.78 is 0.848. The van der Waals surface area contributed by atoms with Gasteiger partial charge in [0.05, 0.1) is 0 Å². The predicted molar refractivity (Wildman–Crippen MR) is 82.3 cm³/mol. The Bertz CT molecular complexity index is 596. The number of nitrogens with two attached hydrogens (primary N) is 1. The fourth-order valence-electron chi connectivity index (χ4n) is 1.45. The zero-order valence-electron chi connectivity index (χ0n) is 11.8. The van der Waals surface area contributed by atoms with Gasteiger partial charge in [-0.2, -0.15) is 0 Å². The summed E-state index contributed by atoms with van der Waals surface area (Å²) in [6.45, 7) is 3.94. The molecule has 0 bridgehead atoms. The van der Waals surface area contributed by atoms with E-state index in [1.54, 1.807) is 0 Å². The van der Waals surface area contributed by atoms with Crippen LogP contribution in [0.3, 0.4) is 0 Å². The molecule has 2 aromatic heterocycles. The molecule has 0 amide bonds. The first kappa shape index (κ1) is 14.9. The zero-order valence-corrected chi connectivity index (χ0v) is 13.5. The molecule has 0 aliphatic carbocycles. The van der Waals surface area contributed by atoms with Gasteiger partial charge in [0.1, 0.15) is 16.7 Å². The molecule has 0 aliphatic heterocycles.